The maximum Gasteiger partial charge on any atom is 0.295 e. The number of benzene rings is 3. The van der Waals surface area contributed by atoms with Crippen molar-refractivity contribution in [2.75, 3.05) is 5.73 Å². The number of aromatic hydroxyl groups is 1. The summed E-state index contributed by atoms with van der Waals surface area (Å²) in [4.78, 5) is 3.94. The van der Waals surface area contributed by atoms with E-state index in [1.54, 1.807) is 48.5 Å². The molecule has 10 heteroatoms. The molecule has 0 aliphatic rings. The summed E-state index contributed by atoms with van der Waals surface area (Å²) < 4.78 is 33.2. The summed E-state index contributed by atoms with van der Waals surface area (Å²) in [5.41, 5.74) is 7.76. The highest BCUT2D eigenvalue weighted by molar-refractivity contribution is 7.86. The highest BCUT2D eigenvalue weighted by Crippen LogP contribution is 2.37. The largest absolute Gasteiger partial charge is 0.507 e. The minimum Gasteiger partial charge on any atom is -0.507 e. The van der Waals surface area contributed by atoms with Crippen molar-refractivity contribution in [1.29, 1.82) is 0 Å². The number of anilines is 1. The number of hydrogen-bond donors (Lipinski definition) is 3. The molecule has 4 aromatic rings. The van der Waals surface area contributed by atoms with Crippen LogP contribution in [0.5, 0.6) is 5.75 Å². The monoisotopic (exact) mass is 454 g/mol. The van der Waals surface area contributed by atoms with Gasteiger partial charge < -0.3 is 10.8 Å². The van der Waals surface area contributed by atoms with E-state index in [-0.39, 0.29) is 27.4 Å². The van der Waals surface area contributed by atoms with Crippen LogP contribution in [0.4, 0.5) is 17.1 Å². The van der Waals surface area contributed by atoms with E-state index in [4.69, 9.17) is 17.3 Å². The maximum atomic E-state index is 11.8. The van der Waals surface area contributed by atoms with Gasteiger partial charge in [-0.05, 0) is 36.4 Å². The summed E-state index contributed by atoms with van der Waals surface area (Å²) in [7, 11) is -4.50. The molecule has 0 saturated carbocycles. The molecule has 1 heterocycles. The van der Waals surface area contributed by atoms with Gasteiger partial charge in [-0.2, -0.15) is 8.42 Å². The first kappa shape index (κ1) is 20.7. The molecule has 0 fully saturated rings. The third-order valence-corrected chi connectivity index (χ3v) is 5.69. The van der Waals surface area contributed by atoms with Gasteiger partial charge in [0.25, 0.3) is 10.1 Å². The van der Waals surface area contributed by atoms with E-state index >= 15 is 0 Å². The number of halogens is 1. The Balaban J connectivity index is 1.72. The molecule has 4 N–H and O–H groups in total. The third kappa shape index (κ3) is 4.19. The third-order valence-electron chi connectivity index (χ3n) is 4.56. The van der Waals surface area contributed by atoms with Crippen molar-refractivity contribution in [3.05, 3.63) is 71.9 Å². The molecule has 0 spiro atoms. The normalized spacial score (nSPS) is 11.9. The van der Waals surface area contributed by atoms with Crippen LogP contribution in [0.15, 0.2) is 82.0 Å². The first-order chi connectivity index (χ1) is 14.7. The number of aromatic nitrogens is 1. The number of rotatable bonds is 4. The van der Waals surface area contributed by atoms with Crippen LogP contribution in [0.2, 0.25) is 5.02 Å². The number of nitrogens with two attached hydrogens (primary N) is 1. The van der Waals surface area contributed by atoms with Crippen molar-refractivity contribution in [2.24, 2.45) is 10.2 Å². The van der Waals surface area contributed by atoms with E-state index in [1.807, 2.05) is 0 Å². The molecule has 0 aliphatic heterocycles. The fraction of sp³-hybridized carbons (Fsp3) is 0. The second kappa shape index (κ2) is 7.95. The molecule has 8 nitrogen and oxygen atoms in total. The van der Waals surface area contributed by atoms with E-state index < -0.39 is 10.1 Å². The van der Waals surface area contributed by atoms with Crippen molar-refractivity contribution >= 4 is 49.6 Å². The van der Waals surface area contributed by atoms with Gasteiger partial charge in [-0.1, -0.05) is 35.9 Å². The SMILES string of the molecule is Nc1c(N=Nc2ccc(-c3cc(Cl)ccc3O)nc2)cc(S(=O)(=O)O)c2ccccc12. The summed E-state index contributed by atoms with van der Waals surface area (Å²) in [6, 6.07) is 15.6. The van der Waals surface area contributed by atoms with Gasteiger partial charge in [0, 0.05) is 21.4 Å². The summed E-state index contributed by atoms with van der Waals surface area (Å²) >= 11 is 5.97. The van der Waals surface area contributed by atoms with Crippen LogP contribution >= 0.6 is 11.6 Å². The average molecular weight is 455 g/mol. The van der Waals surface area contributed by atoms with Crippen LogP contribution in [0, 0.1) is 0 Å². The molecular weight excluding hydrogens is 440 g/mol. The van der Waals surface area contributed by atoms with Gasteiger partial charge in [0.1, 0.15) is 22.0 Å². The second-order valence-corrected chi connectivity index (χ2v) is 8.42. The Kier molecular flexibility index (Phi) is 5.32. The number of nitrogens with zero attached hydrogens (tertiary/aromatic N) is 3. The molecule has 0 radical (unpaired) electrons. The van der Waals surface area contributed by atoms with E-state index in [1.165, 1.54) is 18.3 Å². The van der Waals surface area contributed by atoms with Gasteiger partial charge in [0.05, 0.1) is 17.6 Å². The Bertz CT molecular complexity index is 1440. The minimum absolute atomic E-state index is 0.0351. The lowest BCUT2D eigenvalue weighted by Crippen LogP contribution is -2.01. The zero-order valence-corrected chi connectivity index (χ0v) is 17.3. The van der Waals surface area contributed by atoms with Crippen LogP contribution in [-0.4, -0.2) is 23.1 Å². The predicted molar refractivity (Wildman–Crippen MR) is 119 cm³/mol. The lowest BCUT2D eigenvalue weighted by Gasteiger charge is -2.09. The Morgan fingerprint density at radius 3 is 2.39 bits per heavy atom. The van der Waals surface area contributed by atoms with Crippen LogP contribution in [0.3, 0.4) is 0 Å². The molecule has 0 bridgehead atoms. The van der Waals surface area contributed by atoms with Crippen molar-refractivity contribution < 1.29 is 18.1 Å². The van der Waals surface area contributed by atoms with Crippen LogP contribution in [-0.2, 0) is 10.1 Å². The van der Waals surface area contributed by atoms with Crippen molar-refractivity contribution in [2.45, 2.75) is 4.90 Å². The number of azo groups is 1. The fourth-order valence-electron chi connectivity index (χ4n) is 3.08. The summed E-state index contributed by atoms with van der Waals surface area (Å²) in [6.45, 7) is 0. The quantitative estimate of drug-likeness (QED) is 0.211. The van der Waals surface area contributed by atoms with Gasteiger partial charge in [-0.3, -0.25) is 9.54 Å². The van der Waals surface area contributed by atoms with Crippen molar-refractivity contribution in [1.82, 2.24) is 4.98 Å². The van der Waals surface area contributed by atoms with E-state index in [9.17, 15) is 18.1 Å². The molecule has 0 aliphatic carbocycles. The number of hydrogen-bond acceptors (Lipinski definition) is 7. The predicted octanol–water partition coefficient (Wildman–Crippen LogP) is 5.51. The number of nitrogen functional groups attached to an aromatic ring is 1. The molecule has 156 valence electrons. The zero-order chi connectivity index (χ0) is 22.2. The Hall–Kier alpha value is -3.53. The molecule has 31 heavy (non-hydrogen) atoms. The van der Waals surface area contributed by atoms with Crippen LogP contribution in [0.25, 0.3) is 22.0 Å². The fourth-order valence-corrected chi connectivity index (χ4v) is 3.96. The molecule has 1 aromatic heterocycles. The van der Waals surface area contributed by atoms with Gasteiger partial charge in [0.15, 0.2) is 0 Å². The van der Waals surface area contributed by atoms with Gasteiger partial charge in [-0.15, -0.1) is 10.2 Å². The molecular formula is C21H15ClN4O4S. The van der Waals surface area contributed by atoms with Crippen LogP contribution in [0.1, 0.15) is 0 Å². The number of pyridine rings is 1. The number of fused-ring (bicyclic) bond motifs is 1. The topological polar surface area (TPSA) is 138 Å². The maximum absolute atomic E-state index is 11.8. The van der Waals surface area contributed by atoms with Crippen molar-refractivity contribution in [3.63, 3.8) is 0 Å². The first-order valence-corrected chi connectivity index (χ1v) is 10.7. The van der Waals surface area contributed by atoms with E-state index in [2.05, 4.69) is 15.2 Å². The molecule has 3 aromatic carbocycles. The lowest BCUT2D eigenvalue weighted by atomic mass is 10.1. The van der Waals surface area contributed by atoms with Gasteiger partial charge >= 0.3 is 0 Å². The summed E-state index contributed by atoms with van der Waals surface area (Å²) in [5.74, 6) is 0.0351. The summed E-state index contributed by atoms with van der Waals surface area (Å²) in [5, 5.41) is 19.3. The Morgan fingerprint density at radius 2 is 1.71 bits per heavy atom. The summed E-state index contributed by atoms with van der Waals surface area (Å²) in [6.07, 6.45) is 1.43. The van der Waals surface area contributed by atoms with Crippen molar-refractivity contribution in [3.8, 4) is 17.0 Å². The van der Waals surface area contributed by atoms with E-state index in [0.717, 1.165) is 0 Å². The minimum atomic E-state index is -4.50. The molecule has 0 atom stereocenters. The molecule has 4 rings (SSSR count). The Morgan fingerprint density at radius 1 is 0.968 bits per heavy atom. The average Bonchev–Trinajstić information content (AvgIpc) is 2.75. The lowest BCUT2D eigenvalue weighted by molar-refractivity contribution is 0.477. The standard InChI is InChI=1S/C21H15ClN4O4S/c22-12-5-8-19(27)16(9-12)17-7-6-13(11-24-17)25-26-18-10-20(31(28,29)30)14-3-1-2-4-15(14)21(18)23/h1-11,27H,23H2,(H,28,29,30). The van der Waals surface area contributed by atoms with Crippen LogP contribution < -0.4 is 5.73 Å². The molecule has 0 saturated heterocycles. The number of phenolic OH excluding ortho intramolecular Hbond substituents is 1. The smallest absolute Gasteiger partial charge is 0.295 e. The highest BCUT2D eigenvalue weighted by Gasteiger charge is 2.18. The first-order valence-electron chi connectivity index (χ1n) is 8.89. The van der Waals surface area contributed by atoms with Gasteiger partial charge in [-0.25, -0.2) is 0 Å². The zero-order valence-electron chi connectivity index (χ0n) is 15.8. The number of phenols is 1. The highest BCUT2D eigenvalue weighted by atomic mass is 35.5. The second-order valence-electron chi connectivity index (χ2n) is 6.59. The molecule has 0 unspecified atom stereocenters. The van der Waals surface area contributed by atoms with E-state index in [0.29, 0.717) is 27.4 Å². The molecule has 0 amide bonds. The Labute approximate surface area is 182 Å². The van der Waals surface area contributed by atoms with Gasteiger partial charge in [0.2, 0.25) is 0 Å².